The summed E-state index contributed by atoms with van der Waals surface area (Å²) < 4.78 is 11.1. The molecule has 7 nitrogen and oxygen atoms in total. The second-order valence-electron chi connectivity index (χ2n) is 6.06. The lowest BCUT2D eigenvalue weighted by Crippen LogP contribution is -2.53. The second-order valence-corrected chi connectivity index (χ2v) is 6.06. The van der Waals surface area contributed by atoms with E-state index in [9.17, 15) is 9.59 Å². The quantitative estimate of drug-likeness (QED) is 0.892. The first kappa shape index (κ1) is 16.4. The van der Waals surface area contributed by atoms with Gasteiger partial charge >= 0.3 is 0 Å². The lowest BCUT2D eigenvalue weighted by molar-refractivity contribution is -0.138. The number of hydrogen-bond donors (Lipinski definition) is 1. The summed E-state index contributed by atoms with van der Waals surface area (Å²) in [5.41, 5.74) is 0.822. The molecular formula is C17H23N3O4. The maximum atomic E-state index is 12.6. The Labute approximate surface area is 141 Å². The molecule has 2 heterocycles. The summed E-state index contributed by atoms with van der Waals surface area (Å²) in [5, 5.41) is 3.22. The monoisotopic (exact) mass is 333 g/mol. The van der Waals surface area contributed by atoms with Crippen LogP contribution in [0.2, 0.25) is 0 Å². The molecule has 1 saturated heterocycles. The van der Waals surface area contributed by atoms with Gasteiger partial charge in [0.2, 0.25) is 11.8 Å². The third-order valence-electron chi connectivity index (χ3n) is 4.33. The van der Waals surface area contributed by atoms with Gasteiger partial charge in [-0.3, -0.25) is 9.59 Å². The molecule has 1 N–H and O–H groups in total. The zero-order chi connectivity index (χ0) is 17.1. The number of hydrogen-bond acceptors (Lipinski definition) is 5. The molecular weight excluding hydrogens is 310 g/mol. The van der Waals surface area contributed by atoms with E-state index in [-0.39, 0.29) is 17.9 Å². The van der Waals surface area contributed by atoms with Crippen LogP contribution in [0.25, 0.3) is 0 Å². The zero-order valence-corrected chi connectivity index (χ0v) is 14.1. The molecule has 0 aliphatic carbocycles. The molecule has 0 saturated carbocycles. The molecule has 0 spiro atoms. The summed E-state index contributed by atoms with van der Waals surface area (Å²) in [6.07, 6.45) is 0. The van der Waals surface area contributed by atoms with Crippen LogP contribution in [0.3, 0.4) is 0 Å². The summed E-state index contributed by atoms with van der Waals surface area (Å²) in [6.45, 7) is 6.83. The SMILES string of the molecule is CC(=O)N1CCN(C(=O)C(C)Nc2ccc3c(c2)OCCO3)CC1. The predicted octanol–water partition coefficient (Wildman–Crippen LogP) is 0.949. The lowest BCUT2D eigenvalue weighted by Gasteiger charge is -2.35. The van der Waals surface area contributed by atoms with Crippen molar-refractivity contribution in [3.05, 3.63) is 18.2 Å². The molecule has 0 bridgehead atoms. The van der Waals surface area contributed by atoms with Crippen LogP contribution in [0.1, 0.15) is 13.8 Å². The molecule has 2 amide bonds. The van der Waals surface area contributed by atoms with Crippen LogP contribution in [0.4, 0.5) is 5.69 Å². The van der Waals surface area contributed by atoms with Gasteiger partial charge in [-0.25, -0.2) is 0 Å². The molecule has 130 valence electrons. The summed E-state index contributed by atoms with van der Waals surface area (Å²) in [4.78, 5) is 27.5. The van der Waals surface area contributed by atoms with Crippen LogP contribution >= 0.6 is 0 Å². The van der Waals surface area contributed by atoms with Gasteiger partial charge in [-0.15, -0.1) is 0 Å². The van der Waals surface area contributed by atoms with E-state index in [1.54, 1.807) is 16.7 Å². The number of rotatable bonds is 3. The van der Waals surface area contributed by atoms with Crippen LogP contribution in [0.15, 0.2) is 18.2 Å². The minimum absolute atomic E-state index is 0.0353. The summed E-state index contributed by atoms with van der Waals surface area (Å²) >= 11 is 0. The van der Waals surface area contributed by atoms with Gasteiger partial charge < -0.3 is 24.6 Å². The number of piperazine rings is 1. The Morgan fingerprint density at radius 2 is 1.67 bits per heavy atom. The third-order valence-corrected chi connectivity index (χ3v) is 4.33. The fourth-order valence-electron chi connectivity index (χ4n) is 2.96. The van der Waals surface area contributed by atoms with Crippen molar-refractivity contribution in [2.75, 3.05) is 44.7 Å². The van der Waals surface area contributed by atoms with E-state index in [4.69, 9.17) is 9.47 Å². The number of nitrogens with one attached hydrogen (secondary N) is 1. The van der Waals surface area contributed by atoms with Gasteiger partial charge in [0.15, 0.2) is 11.5 Å². The van der Waals surface area contributed by atoms with Crippen LogP contribution < -0.4 is 14.8 Å². The zero-order valence-electron chi connectivity index (χ0n) is 14.1. The van der Waals surface area contributed by atoms with Gasteiger partial charge in [-0.2, -0.15) is 0 Å². The highest BCUT2D eigenvalue weighted by molar-refractivity contribution is 5.85. The average molecular weight is 333 g/mol. The summed E-state index contributed by atoms with van der Waals surface area (Å²) in [7, 11) is 0. The van der Waals surface area contributed by atoms with Gasteiger partial charge in [-0.05, 0) is 19.1 Å². The van der Waals surface area contributed by atoms with Crippen molar-refractivity contribution in [1.82, 2.24) is 9.80 Å². The van der Waals surface area contributed by atoms with Crippen molar-refractivity contribution in [3.63, 3.8) is 0 Å². The molecule has 0 aromatic heterocycles. The fourth-order valence-corrected chi connectivity index (χ4v) is 2.96. The van der Waals surface area contributed by atoms with Crippen molar-refractivity contribution in [2.45, 2.75) is 19.9 Å². The van der Waals surface area contributed by atoms with E-state index in [1.807, 2.05) is 25.1 Å². The maximum absolute atomic E-state index is 12.6. The number of anilines is 1. The number of carbonyl (C=O) groups excluding carboxylic acids is 2. The van der Waals surface area contributed by atoms with Crippen LogP contribution in [0, 0.1) is 0 Å². The molecule has 3 rings (SSSR count). The Kier molecular flexibility index (Phi) is 4.78. The first-order valence-electron chi connectivity index (χ1n) is 8.25. The Hall–Kier alpha value is -2.44. The lowest BCUT2D eigenvalue weighted by atomic mass is 10.2. The van der Waals surface area contributed by atoms with Gasteiger partial charge in [-0.1, -0.05) is 0 Å². The maximum Gasteiger partial charge on any atom is 0.244 e. The standard InChI is InChI=1S/C17H23N3O4/c1-12(17(22)20-7-5-19(6-8-20)13(2)21)18-14-3-4-15-16(11-14)24-10-9-23-15/h3-4,11-12,18H,5-10H2,1-2H3. The van der Waals surface area contributed by atoms with Gasteiger partial charge in [0, 0.05) is 44.9 Å². The molecule has 1 aromatic carbocycles. The van der Waals surface area contributed by atoms with Crippen molar-refractivity contribution in [1.29, 1.82) is 0 Å². The summed E-state index contributed by atoms with van der Waals surface area (Å²) in [6, 6.07) is 5.23. The van der Waals surface area contributed by atoms with Crippen molar-refractivity contribution < 1.29 is 19.1 Å². The molecule has 1 atom stereocenters. The van der Waals surface area contributed by atoms with E-state index in [1.165, 1.54) is 0 Å². The highest BCUT2D eigenvalue weighted by Gasteiger charge is 2.26. The van der Waals surface area contributed by atoms with E-state index in [2.05, 4.69) is 5.32 Å². The Balaban J connectivity index is 1.57. The molecule has 2 aliphatic rings. The third kappa shape index (κ3) is 3.55. The van der Waals surface area contributed by atoms with Gasteiger partial charge in [0.05, 0.1) is 0 Å². The predicted molar refractivity (Wildman–Crippen MR) is 89.4 cm³/mol. The topological polar surface area (TPSA) is 71.1 Å². The smallest absolute Gasteiger partial charge is 0.244 e. The normalized spacial score (nSPS) is 18.1. The number of benzene rings is 1. The van der Waals surface area contributed by atoms with E-state index >= 15 is 0 Å². The molecule has 1 fully saturated rings. The van der Waals surface area contributed by atoms with Crippen molar-refractivity contribution in [3.8, 4) is 11.5 Å². The Bertz CT molecular complexity index is 626. The summed E-state index contributed by atoms with van der Waals surface area (Å²) in [5.74, 6) is 1.52. The van der Waals surface area contributed by atoms with Crippen LogP contribution in [0.5, 0.6) is 11.5 Å². The Morgan fingerprint density at radius 1 is 1.04 bits per heavy atom. The second kappa shape index (κ2) is 6.98. The number of carbonyl (C=O) groups is 2. The van der Waals surface area contributed by atoms with E-state index in [0.717, 1.165) is 11.4 Å². The fraction of sp³-hybridized carbons (Fsp3) is 0.529. The van der Waals surface area contributed by atoms with Gasteiger partial charge in [0.1, 0.15) is 19.3 Å². The van der Waals surface area contributed by atoms with E-state index < -0.39 is 0 Å². The number of fused-ring (bicyclic) bond motifs is 1. The van der Waals surface area contributed by atoms with Crippen LogP contribution in [-0.4, -0.2) is 67.0 Å². The highest BCUT2D eigenvalue weighted by Crippen LogP contribution is 2.32. The first-order chi connectivity index (χ1) is 11.5. The van der Waals surface area contributed by atoms with Crippen LogP contribution in [-0.2, 0) is 9.59 Å². The average Bonchev–Trinajstić information content (AvgIpc) is 2.61. The molecule has 7 heteroatoms. The molecule has 1 unspecified atom stereocenters. The Morgan fingerprint density at radius 3 is 2.33 bits per heavy atom. The molecule has 0 radical (unpaired) electrons. The minimum Gasteiger partial charge on any atom is -0.486 e. The molecule has 1 aromatic rings. The largest absolute Gasteiger partial charge is 0.486 e. The molecule has 24 heavy (non-hydrogen) atoms. The van der Waals surface area contributed by atoms with E-state index in [0.29, 0.717) is 45.1 Å². The number of amides is 2. The van der Waals surface area contributed by atoms with Gasteiger partial charge in [0.25, 0.3) is 0 Å². The van der Waals surface area contributed by atoms with Crippen molar-refractivity contribution >= 4 is 17.5 Å². The highest BCUT2D eigenvalue weighted by atomic mass is 16.6. The van der Waals surface area contributed by atoms with Crippen molar-refractivity contribution in [2.24, 2.45) is 0 Å². The number of nitrogens with zero attached hydrogens (tertiary/aromatic N) is 2. The molecule has 2 aliphatic heterocycles. The minimum atomic E-state index is -0.351. The first-order valence-corrected chi connectivity index (χ1v) is 8.25. The number of ether oxygens (including phenoxy) is 2.